The van der Waals surface area contributed by atoms with Crippen molar-refractivity contribution in [2.75, 3.05) is 0 Å². The van der Waals surface area contributed by atoms with Crippen molar-refractivity contribution in [3.8, 4) is 5.69 Å². The smallest absolute Gasteiger partial charge is 0.0801 e. The fraction of sp³-hybridized carbons (Fsp3) is 0. The summed E-state index contributed by atoms with van der Waals surface area (Å²) in [6.07, 6.45) is 2.11. The summed E-state index contributed by atoms with van der Waals surface area (Å²) in [7, 11) is 0. The molecule has 0 spiro atoms. The van der Waals surface area contributed by atoms with Crippen LogP contribution in [-0.2, 0) is 0 Å². The molecule has 0 aliphatic rings. The molecule has 0 saturated heterocycles. The van der Waals surface area contributed by atoms with Crippen LogP contribution in [0.5, 0.6) is 0 Å². The Kier molecular flexibility index (Phi) is 3.00. The van der Waals surface area contributed by atoms with Gasteiger partial charge in [-0.1, -0.05) is 66.7 Å². The first-order chi connectivity index (χ1) is 14.9. The van der Waals surface area contributed by atoms with Crippen LogP contribution in [0, 0.1) is 0 Å². The third-order valence-electron chi connectivity index (χ3n) is 6.18. The molecule has 0 aliphatic heterocycles. The Bertz CT molecular complexity index is 1740. The lowest BCUT2D eigenvalue weighted by molar-refractivity contribution is 0.911. The molecule has 0 unspecified atom stereocenters. The molecule has 3 heteroatoms. The number of para-hydroxylation sites is 1. The highest BCUT2D eigenvalue weighted by Gasteiger charge is 2.17. The van der Waals surface area contributed by atoms with Crippen molar-refractivity contribution in [3.63, 3.8) is 0 Å². The van der Waals surface area contributed by atoms with Crippen molar-refractivity contribution in [2.24, 2.45) is 0 Å². The number of H-pyrrole nitrogens is 1. The second-order valence-corrected chi connectivity index (χ2v) is 7.76. The fourth-order valence-electron chi connectivity index (χ4n) is 4.90. The number of rotatable bonds is 1. The molecule has 7 aromatic rings. The molecule has 0 radical (unpaired) electrons. The molecule has 0 bridgehead atoms. The molecule has 2 heterocycles. The molecule has 5 aromatic carbocycles. The van der Waals surface area contributed by atoms with E-state index in [1.807, 2.05) is 6.07 Å². The highest BCUT2D eigenvalue weighted by molar-refractivity contribution is 6.34. The van der Waals surface area contributed by atoms with Gasteiger partial charge in [0.25, 0.3) is 0 Å². The monoisotopic (exact) mass is 383 g/mol. The van der Waals surface area contributed by atoms with Gasteiger partial charge in [0, 0.05) is 27.7 Å². The lowest BCUT2D eigenvalue weighted by Crippen LogP contribution is -1.94. The van der Waals surface area contributed by atoms with E-state index in [1.54, 1.807) is 0 Å². The molecule has 2 aromatic heterocycles. The highest BCUT2D eigenvalue weighted by atomic mass is 15.3. The Balaban J connectivity index is 1.73. The quantitative estimate of drug-likeness (QED) is 0.305. The first kappa shape index (κ1) is 15.8. The number of aromatic amines is 1. The minimum atomic E-state index is 1.04. The number of hydrogen-bond donors (Lipinski definition) is 1. The van der Waals surface area contributed by atoms with E-state index in [2.05, 4.69) is 101 Å². The summed E-state index contributed by atoms with van der Waals surface area (Å²) in [6, 6.07) is 32.0. The minimum Gasteiger partial charge on any atom is -0.300 e. The summed E-state index contributed by atoms with van der Waals surface area (Å²) in [6.45, 7) is 0. The van der Waals surface area contributed by atoms with E-state index < -0.39 is 0 Å². The predicted molar refractivity (Wildman–Crippen MR) is 125 cm³/mol. The number of nitrogens with one attached hydrogen (secondary N) is 1. The molecule has 140 valence electrons. The van der Waals surface area contributed by atoms with Crippen molar-refractivity contribution in [1.82, 2.24) is 14.8 Å². The minimum absolute atomic E-state index is 1.04. The summed E-state index contributed by atoms with van der Waals surface area (Å²) in [5.41, 5.74) is 4.39. The number of benzene rings is 5. The third-order valence-corrected chi connectivity index (χ3v) is 6.18. The molecule has 0 aliphatic carbocycles. The van der Waals surface area contributed by atoms with Crippen LogP contribution >= 0.6 is 0 Å². The molecule has 0 atom stereocenters. The van der Waals surface area contributed by atoms with Crippen LogP contribution in [0.1, 0.15) is 0 Å². The Labute approximate surface area is 172 Å². The Morgan fingerprint density at radius 1 is 0.567 bits per heavy atom. The molecular formula is C27H17N3. The fourth-order valence-corrected chi connectivity index (χ4v) is 4.90. The van der Waals surface area contributed by atoms with Gasteiger partial charge >= 0.3 is 0 Å². The lowest BCUT2D eigenvalue weighted by atomic mass is 9.96. The molecule has 7 rings (SSSR count). The van der Waals surface area contributed by atoms with Crippen LogP contribution in [-0.4, -0.2) is 14.8 Å². The largest absolute Gasteiger partial charge is 0.300 e. The zero-order valence-electron chi connectivity index (χ0n) is 16.1. The summed E-state index contributed by atoms with van der Waals surface area (Å²) in [5, 5.41) is 12.1. The van der Waals surface area contributed by atoms with Gasteiger partial charge in [-0.2, -0.15) is 0 Å². The van der Waals surface area contributed by atoms with E-state index in [0.29, 0.717) is 0 Å². The van der Waals surface area contributed by atoms with E-state index in [0.717, 1.165) is 22.2 Å². The van der Waals surface area contributed by atoms with Crippen molar-refractivity contribution in [2.45, 2.75) is 0 Å². The zero-order chi connectivity index (χ0) is 19.7. The lowest BCUT2D eigenvalue weighted by Gasteiger charge is -2.07. The highest BCUT2D eigenvalue weighted by Crippen LogP contribution is 2.41. The van der Waals surface area contributed by atoms with Gasteiger partial charge in [-0.25, -0.2) is 4.98 Å². The molecule has 0 amide bonds. The predicted octanol–water partition coefficient (Wildman–Crippen LogP) is 6.97. The molecule has 1 N–H and O–H groups in total. The van der Waals surface area contributed by atoms with Crippen LogP contribution in [0.3, 0.4) is 0 Å². The number of fused-ring (bicyclic) bond motifs is 10. The Morgan fingerprint density at radius 3 is 2.03 bits per heavy atom. The summed E-state index contributed by atoms with van der Waals surface area (Å²) >= 11 is 0. The maximum Gasteiger partial charge on any atom is 0.0801 e. The topological polar surface area (TPSA) is 33.6 Å². The van der Waals surface area contributed by atoms with E-state index in [1.165, 1.54) is 37.7 Å². The van der Waals surface area contributed by atoms with Crippen LogP contribution in [0.2, 0.25) is 0 Å². The zero-order valence-corrected chi connectivity index (χ0v) is 16.1. The van der Waals surface area contributed by atoms with E-state index in [-0.39, 0.29) is 0 Å². The van der Waals surface area contributed by atoms with Crippen molar-refractivity contribution < 1.29 is 0 Å². The van der Waals surface area contributed by atoms with E-state index >= 15 is 0 Å². The maximum absolute atomic E-state index is 5.10. The van der Waals surface area contributed by atoms with Gasteiger partial charge in [-0.05, 0) is 40.4 Å². The van der Waals surface area contributed by atoms with Gasteiger partial charge in [-0.3, -0.25) is 4.68 Å². The van der Waals surface area contributed by atoms with Crippen molar-refractivity contribution in [1.29, 1.82) is 0 Å². The van der Waals surface area contributed by atoms with E-state index in [4.69, 9.17) is 4.98 Å². The SMILES string of the molecule is c1ccc(-n2[nH]cc3c4c(ccc32)nc2c3ccccc3c3ccccc3c24)cc1. The van der Waals surface area contributed by atoms with Gasteiger partial charge in [0.05, 0.1) is 22.2 Å². The summed E-state index contributed by atoms with van der Waals surface area (Å²) < 4.78 is 2.14. The van der Waals surface area contributed by atoms with Crippen molar-refractivity contribution >= 4 is 54.3 Å². The van der Waals surface area contributed by atoms with Gasteiger partial charge in [0.2, 0.25) is 0 Å². The average molecular weight is 383 g/mol. The van der Waals surface area contributed by atoms with Crippen LogP contribution < -0.4 is 0 Å². The number of nitrogens with zero attached hydrogens (tertiary/aromatic N) is 2. The van der Waals surface area contributed by atoms with Gasteiger partial charge in [-0.15, -0.1) is 0 Å². The molecule has 0 saturated carbocycles. The first-order valence-corrected chi connectivity index (χ1v) is 10.2. The molecular weight excluding hydrogens is 366 g/mol. The van der Waals surface area contributed by atoms with Gasteiger partial charge in [0.15, 0.2) is 0 Å². The normalized spacial score (nSPS) is 12.0. The average Bonchev–Trinajstić information content (AvgIpc) is 3.41. The third kappa shape index (κ3) is 1.96. The molecule has 0 fully saturated rings. The first-order valence-electron chi connectivity index (χ1n) is 10.2. The van der Waals surface area contributed by atoms with Crippen molar-refractivity contribution in [3.05, 3.63) is 97.2 Å². The van der Waals surface area contributed by atoms with E-state index in [9.17, 15) is 0 Å². The summed E-state index contributed by atoms with van der Waals surface area (Å²) in [5.74, 6) is 0. The standard InChI is InChI=1S/C27H17N3/c1-2-8-17(9-3-1)30-24-15-14-23-25(22(24)16-28-30)26-20-12-6-4-10-18(20)19-11-5-7-13-21(19)27(26)29-23/h1-16,28H. The van der Waals surface area contributed by atoms with Crippen LogP contribution in [0.4, 0.5) is 0 Å². The number of hydrogen-bond acceptors (Lipinski definition) is 1. The maximum atomic E-state index is 5.10. The molecule has 30 heavy (non-hydrogen) atoms. The van der Waals surface area contributed by atoms with Crippen LogP contribution in [0.25, 0.3) is 59.9 Å². The Hall–Kier alpha value is -4.11. The molecule has 3 nitrogen and oxygen atoms in total. The second kappa shape index (κ2) is 5.71. The number of aromatic nitrogens is 3. The van der Waals surface area contributed by atoms with Gasteiger partial charge in [0.1, 0.15) is 0 Å². The summed E-state index contributed by atoms with van der Waals surface area (Å²) in [4.78, 5) is 5.10. The van der Waals surface area contributed by atoms with Crippen LogP contribution in [0.15, 0.2) is 97.2 Å². The second-order valence-electron chi connectivity index (χ2n) is 7.76. The van der Waals surface area contributed by atoms with Gasteiger partial charge < -0.3 is 5.10 Å². The Morgan fingerprint density at radius 2 is 1.23 bits per heavy atom.